The Hall–Kier alpha value is -2.66. The summed E-state index contributed by atoms with van der Waals surface area (Å²) >= 11 is 0. The standard InChI is InChI=1S/C20H25N5/c1-16-14-20(25(4)24(16)3)22-21-18-10-12-19(13-11-18)23(2)15-17-8-6-5-7-9-17/h5-14,20H,15H2,1-4H3. The second kappa shape index (κ2) is 7.49. The molecule has 130 valence electrons. The minimum atomic E-state index is -0.0366. The Labute approximate surface area is 149 Å². The second-order valence-electron chi connectivity index (χ2n) is 6.39. The fourth-order valence-corrected chi connectivity index (χ4v) is 2.81. The molecule has 5 nitrogen and oxygen atoms in total. The van der Waals surface area contributed by atoms with E-state index in [1.807, 2.05) is 32.3 Å². The molecule has 3 rings (SSSR count). The van der Waals surface area contributed by atoms with Gasteiger partial charge in [-0.2, -0.15) is 15.2 Å². The minimum Gasteiger partial charge on any atom is -0.370 e. The maximum Gasteiger partial charge on any atom is 0.160 e. The molecule has 0 fully saturated rings. The summed E-state index contributed by atoms with van der Waals surface area (Å²) in [6, 6.07) is 18.7. The average molecular weight is 335 g/mol. The Balaban J connectivity index is 1.63. The minimum absolute atomic E-state index is 0.0366. The number of hydrazine groups is 1. The number of nitrogens with zero attached hydrogens (tertiary/aromatic N) is 5. The Kier molecular flexibility index (Phi) is 5.14. The van der Waals surface area contributed by atoms with Gasteiger partial charge in [0, 0.05) is 39.1 Å². The lowest BCUT2D eigenvalue weighted by molar-refractivity contribution is 0.0635. The third kappa shape index (κ3) is 4.06. The van der Waals surface area contributed by atoms with Crippen LogP contribution in [0, 0.1) is 0 Å². The largest absolute Gasteiger partial charge is 0.370 e. The van der Waals surface area contributed by atoms with Crippen LogP contribution in [0.3, 0.4) is 0 Å². The molecule has 2 aromatic rings. The van der Waals surface area contributed by atoms with Crippen LogP contribution in [-0.2, 0) is 6.54 Å². The molecule has 0 saturated heterocycles. The normalized spacial score (nSPS) is 18.0. The molecule has 2 aromatic carbocycles. The first-order valence-electron chi connectivity index (χ1n) is 8.45. The van der Waals surface area contributed by atoms with E-state index < -0.39 is 0 Å². The van der Waals surface area contributed by atoms with Crippen LogP contribution in [0.1, 0.15) is 12.5 Å². The number of azo groups is 1. The fourth-order valence-electron chi connectivity index (χ4n) is 2.81. The molecule has 0 aromatic heterocycles. The van der Waals surface area contributed by atoms with Crippen LogP contribution in [-0.4, -0.2) is 37.3 Å². The summed E-state index contributed by atoms with van der Waals surface area (Å²) in [5.74, 6) is 0. The molecule has 0 N–H and O–H groups in total. The van der Waals surface area contributed by atoms with E-state index in [9.17, 15) is 0 Å². The average Bonchev–Trinajstić information content (AvgIpc) is 2.88. The summed E-state index contributed by atoms with van der Waals surface area (Å²) in [6.07, 6.45) is 2.07. The first-order chi connectivity index (χ1) is 12.0. The number of hydrogen-bond acceptors (Lipinski definition) is 5. The molecule has 25 heavy (non-hydrogen) atoms. The van der Waals surface area contributed by atoms with Gasteiger partial charge in [0.2, 0.25) is 0 Å². The van der Waals surface area contributed by atoms with Gasteiger partial charge in [-0.25, -0.2) is 0 Å². The molecule has 1 aliphatic rings. The Morgan fingerprint density at radius 2 is 1.68 bits per heavy atom. The van der Waals surface area contributed by atoms with Crippen LogP contribution in [0.4, 0.5) is 11.4 Å². The van der Waals surface area contributed by atoms with Crippen molar-refractivity contribution in [1.82, 2.24) is 10.0 Å². The highest BCUT2D eigenvalue weighted by molar-refractivity contribution is 5.52. The molecule has 1 atom stereocenters. The predicted octanol–water partition coefficient (Wildman–Crippen LogP) is 4.43. The van der Waals surface area contributed by atoms with E-state index in [1.54, 1.807) is 0 Å². The van der Waals surface area contributed by atoms with Crippen molar-refractivity contribution in [3.63, 3.8) is 0 Å². The smallest absolute Gasteiger partial charge is 0.160 e. The van der Waals surface area contributed by atoms with Crippen molar-refractivity contribution >= 4 is 11.4 Å². The topological polar surface area (TPSA) is 34.4 Å². The number of likely N-dealkylation sites (N-methyl/N-ethyl adjacent to an activating group) is 1. The van der Waals surface area contributed by atoms with Gasteiger partial charge in [-0.15, -0.1) is 0 Å². The van der Waals surface area contributed by atoms with Crippen molar-refractivity contribution < 1.29 is 0 Å². The monoisotopic (exact) mass is 335 g/mol. The maximum atomic E-state index is 4.44. The molecule has 0 saturated carbocycles. The van der Waals surface area contributed by atoms with E-state index in [-0.39, 0.29) is 6.17 Å². The second-order valence-corrected chi connectivity index (χ2v) is 6.39. The van der Waals surface area contributed by atoms with Crippen LogP contribution in [0.15, 0.2) is 76.6 Å². The number of allylic oxidation sites excluding steroid dienone is 1. The number of anilines is 1. The predicted molar refractivity (Wildman–Crippen MR) is 103 cm³/mol. The van der Waals surface area contributed by atoms with Gasteiger partial charge in [0.05, 0.1) is 5.69 Å². The summed E-state index contributed by atoms with van der Waals surface area (Å²) in [4.78, 5) is 2.22. The van der Waals surface area contributed by atoms with Gasteiger partial charge in [0.1, 0.15) is 0 Å². The van der Waals surface area contributed by atoms with Crippen molar-refractivity contribution in [3.8, 4) is 0 Å². The molecular formula is C20H25N5. The molecule has 1 unspecified atom stereocenters. The van der Waals surface area contributed by atoms with E-state index >= 15 is 0 Å². The first-order valence-corrected chi connectivity index (χ1v) is 8.45. The number of hydrogen-bond donors (Lipinski definition) is 0. The molecular weight excluding hydrogens is 310 g/mol. The zero-order valence-corrected chi connectivity index (χ0v) is 15.3. The Bertz CT molecular complexity index is 751. The van der Waals surface area contributed by atoms with E-state index in [0.717, 1.165) is 17.9 Å². The Morgan fingerprint density at radius 3 is 2.28 bits per heavy atom. The van der Waals surface area contributed by atoms with E-state index in [2.05, 4.69) is 81.6 Å². The molecule has 1 aliphatic heterocycles. The summed E-state index contributed by atoms with van der Waals surface area (Å²) < 4.78 is 0. The molecule has 0 aliphatic carbocycles. The van der Waals surface area contributed by atoms with Gasteiger partial charge in [-0.05, 0) is 42.8 Å². The van der Waals surface area contributed by atoms with Crippen LogP contribution in [0.25, 0.3) is 0 Å². The summed E-state index contributed by atoms with van der Waals surface area (Å²) in [5, 5.41) is 13.0. The Morgan fingerprint density at radius 1 is 1.00 bits per heavy atom. The van der Waals surface area contributed by atoms with Gasteiger partial charge in [-0.1, -0.05) is 30.3 Å². The lowest BCUT2D eigenvalue weighted by atomic mass is 10.2. The van der Waals surface area contributed by atoms with Gasteiger partial charge in [0.25, 0.3) is 0 Å². The van der Waals surface area contributed by atoms with Gasteiger partial charge in [0.15, 0.2) is 6.17 Å². The third-order valence-electron chi connectivity index (χ3n) is 4.60. The van der Waals surface area contributed by atoms with E-state index in [1.165, 1.54) is 11.3 Å². The highest BCUT2D eigenvalue weighted by atomic mass is 15.7. The number of benzene rings is 2. The van der Waals surface area contributed by atoms with E-state index in [0.29, 0.717) is 0 Å². The third-order valence-corrected chi connectivity index (χ3v) is 4.60. The zero-order chi connectivity index (χ0) is 17.8. The van der Waals surface area contributed by atoms with Gasteiger partial charge < -0.3 is 9.91 Å². The van der Waals surface area contributed by atoms with Crippen molar-refractivity contribution in [2.24, 2.45) is 10.2 Å². The van der Waals surface area contributed by atoms with Crippen LogP contribution >= 0.6 is 0 Å². The van der Waals surface area contributed by atoms with Crippen molar-refractivity contribution in [3.05, 3.63) is 71.9 Å². The summed E-state index contributed by atoms with van der Waals surface area (Å²) in [6.45, 7) is 2.95. The zero-order valence-electron chi connectivity index (χ0n) is 15.3. The molecule has 0 spiro atoms. The van der Waals surface area contributed by atoms with Crippen molar-refractivity contribution in [2.45, 2.75) is 19.6 Å². The lowest BCUT2D eigenvalue weighted by Gasteiger charge is -2.25. The fraction of sp³-hybridized carbons (Fsp3) is 0.300. The highest BCUT2D eigenvalue weighted by Gasteiger charge is 2.23. The quantitative estimate of drug-likeness (QED) is 0.758. The van der Waals surface area contributed by atoms with Crippen molar-refractivity contribution in [1.29, 1.82) is 0 Å². The van der Waals surface area contributed by atoms with Crippen LogP contribution in [0.5, 0.6) is 0 Å². The number of rotatable bonds is 5. The van der Waals surface area contributed by atoms with Crippen molar-refractivity contribution in [2.75, 3.05) is 26.0 Å². The SMILES string of the molecule is CC1=CC(N=Nc2ccc(N(C)Cc3ccccc3)cc2)N(C)N1C. The maximum absolute atomic E-state index is 4.44. The molecule has 0 radical (unpaired) electrons. The van der Waals surface area contributed by atoms with Crippen LogP contribution < -0.4 is 4.90 Å². The summed E-state index contributed by atoms with van der Waals surface area (Å²) in [5.41, 5.74) is 4.51. The molecule has 5 heteroatoms. The lowest BCUT2D eigenvalue weighted by Crippen LogP contribution is -2.34. The molecule has 0 bridgehead atoms. The van der Waals surface area contributed by atoms with E-state index in [4.69, 9.17) is 0 Å². The molecule has 0 amide bonds. The highest BCUT2D eigenvalue weighted by Crippen LogP contribution is 2.23. The van der Waals surface area contributed by atoms with Crippen LogP contribution in [0.2, 0.25) is 0 Å². The molecule has 1 heterocycles. The summed E-state index contributed by atoms with van der Waals surface area (Å²) in [7, 11) is 6.14. The first kappa shape index (κ1) is 17.2. The van der Waals surface area contributed by atoms with Gasteiger partial charge in [-0.3, -0.25) is 0 Å². The van der Waals surface area contributed by atoms with Gasteiger partial charge >= 0.3 is 0 Å².